The molecule has 0 spiro atoms. The lowest BCUT2D eigenvalue weighted by Crippen LogP contribution is -2.12. The number of hydrogen-bond donors (Lipinski definition) is 1. The summed E-state index contributed by atoms with van der Waals surface area (Å²) in [6.45, 7) is -0.578. The van der Waals surface area contributed by atoms with Crippen LogP contribution in [-0.4, -0.2) is 13.8 Å². The van der Waals surface area contributed by atoms with Crippen LogP contribution >= 0.6 is 28.3 Å². The summed E-state index contributed by atoms with van der Waals surface area (Å²) in [5.74, 6) is 0.683. The summed E-state index contributed by atoms with van der Waals surface area (Å²) >= 11 is 3.30. The summed E-state index contributed by atoms with van der Waals surface area (Å²) in [7, 11) is 1.56. The van der Waals surface area contributed by atoms with Crippen LogP contribution in [0, 0.1) is 0 Å². The van der Waals surface area contributed by atoms with E-state index in [-0.39, 0.29) is 12.4 Å². The maximum Gasteiger partial charge on any atom is 0.119 e. The highest BCUT2D eigenvalue weighted by molar-refractivity contribution is 9.10. The molecular formula is C9H12BrClFNO. The summed E-state index contributed by atoms with van der Waals surface area (Å²) in [4.78, 5) is 0. The highest BCUT2D eigenvalue weighted by atomic mass is 79.9. The van der Waals surface area contributed by atoms with E-state index in [2.05, 4.69) is 15.9 Å². The fraction of sp³-hybridized carbons (Fsp3) is 0.333. The number of benzene rings is 1. The standard InChI is InChI=1S/C9H11BrFNO.ClH/c1-13-6-2-3-8(10)7(4-6)9(12)5-11;/h2-4,9H,5,12H2,1H3;1H/t9-;/m0./s1. The molecule has 0 aliphatic carbocycles. The van der Waals surface area contributed by atoms with E-state index in [0.717, 1.165) is 10.0 Å². The Morgan fingerprint density at radius 3 is 2.71 bits per heavy atom. The Morgan fingerprint density at radius 1 is 1.57 bits per heavy atom. The van der Waals surface area contributed by atoms with E-state index in [4.69, 9.17) is 10.5 Å². The topological polar surface area (TPSA) is 35.2 Å². The number of alkyl halides is 1. The van der Waals surface area contributed by atoms with Crippen LogP contribution in [0.5, 0.6) is 5.75 Å². The van der Waals surface area contributed by atoms with Gasteiger partial charge >= 0.3 is 0 Å². The lowest BCUT2D eigenvalue weighted by Gasteiger charge is -2.11. The van der Waals surface area contributed by atoms with Crippen LogP contribution in [0.1, 0.15) is 11.6 Å². The van der Waals surface area contributed by atoms with Crippen LogP contribution in [0.3, 0.4) is 0 Å². The molecule has 0 saturated heterocycles. The average molecular weight is 285 g/mol. The molecule has 0 amide bonds. The van der Waals surface area contributed by atoms with Gasteiger partial charge in [-0.25, -0.2) is 4.39 Å². The second-order valence-electron chi connectivity index (χ2n) is 2.65. The van der Waals surface area contributed by atoms with Gasteiger partial charge < -0.3 is 10.5 Å². The molecule has 5 heteroatoms. The van der Waals surface area contributed by atoms with Crippen molar-refractivity contribution >= 4 is 28.3 Å². The van der Waals surface area contributed by atoms with Crippen molar-refractivity contribution < 1.29 is 9.13 Å². The molecule has 2 nitrogen and oxygen atoms in total. The highest BCUT2D eigenvalue weighted by Gasteiger charge is 2.10. The molecule has 0 aliphatic rings. The largest absolute Gasteiger partial charge is 0.497 e. The first-order valence-electron chi connectivity index (χ1n) is 3.84. The second kappa shape index (κ2) is 6.22. The van der Waals surface area contributed by atoms with Gasteiger partial charge in [0.25, 0.3) is 0 Å². The number of halogens is 3. The van der Waals surface area contributed by atoms with Gasteiger partial charge in [-0.3, -0.25) is 0 Å². The molecule has 2 N–H and O–H groups in total. The predicted octanol–water partition coefficient (Wildman–Crippen LogP) is 2.85. The van der Waals surface area contributed by atoms with Gasteiger partial charge in [-0.1, -0.05) is 15.9 Å². The maximum atomic E-state index is 12.3. The van der Waals surface area contributed by atoms with E-state index in [1.807, 2.05) is 0 Å². The van der Waals surface area contributed by atoms with E-state index in [9.17, 15) is 4.39 Å². The van der Waals surface area contributed by atoms with Crippen molar-refractivity contribution in [2.24, 2.45) is 5.73 Å². The Hall–Kier alpha value is -0.320. The fourth-order valence-corrected chi connectivity index (χ4v) is 1.56. The molecule has 0 aliphatic heterocycles. The summed E-state index contributed by atoms with van der Waals surface area (Å²) in [6.07, 6.45) is 0. The first-order chi connectivity index (χ1) is 6.19. The Labute approximate surface area is 97.2 Å². The van der Waals surface area contributed by atoms with Crippen molar-refractivity contribution in [1.82, 2.24) is 0 Å². The molecule has 0 radical (unpaired) electrons. The van der Waals surface area contributed by atoms with Crippen LogP contribution in [0.25, 0.3) is 0 Å². The van der Waals surface area contributed by atoms with E-state index >= 15 is 0 Å². The third-order valence-corrected chi connectivity index (χ3v) is 2.49. The third kappa shape index (κ3) is 3.12. The molecule has 1 atom stereocenters. The van der Waals surface area contributed by atoms with Gasteiger partial charge in [0.2, 0.25) is 0 Å². The summed E-state index contributed by atoms with van der Waals surface area (Å²) in [5.41, 5.74) is 6.28. The Bertz CT molecular complexity index is 298. The van der Waals surface area contributed by atoms with Crippen molar-refractivity contribution in [2.75, 3.05) is 13.8 Å². The Morgan fingerprint density at radius 2 is 2.21 bits per heavy atom. The molecule has 1 rings (SSSR count). The maximum absolute atomic E-state index is 12.3. The van der Waals surface area contributed by atoms with Crippen molar-refractivity contribution in [2.45, 2.75) is 6.04 Å². The zero-order chi connectivity index (χ0) is 9.84. The molecule has 0 bridgehead atoms. The van der Waals surface area contributed by atoms with Crippen molar-refractivity contribution in [1.29, 1.82) is 0 Å². The van der Waals surface area contributed by atoms with Gasteiger partial charge in [0.1, 0.15) is 12.4 Å². The molecule has 0 aromatic heterocycles. The van der Waals surface area contributed by atoms with Crippen molar-refractivity contribution in [3.63, 3.8) is 0 Å². The first kappa shape index (κ1) is 13.7. The fourth-order valence-electron chi connectivity index (χ4n) is 1.02. The second-order valence-corrected chi connectivity index (χ2v) is 3.50. The molecule has 0 unspecified atom stereocenters. The van der Waals surface area contributed by atoms with Gasteiger partial charge in [-0.15, -0.1) is 12.4 Å². The van der Waals surface area contributed by atoms with Crippen LogP contribution in [-0.2, 0) is 0 Å². The molecular weight excluding hydrogens is 272 g/mol. The van der Waals surface area contributed by atoms with Gasteiger partial charge in [0, 0.05) is 4.47 Å². The summed E-state index contributed by atoms with van der Waals surface area (Å²) < 4.78 is 18.1. The van der Waals surface area contributed by atoms with E-state index < -0.39 is 12.7 Å². The number of rotatable bonds is 3. The van der Waals surface area contributed by atoms with Crippen molar-refractivity contribution in [3.05, 3.63) is 28.2 Å². The van der Waals surface area contributed by atoms with Crippen LogP contribution in [0.4, 0.5) is 4.39 Å². The monoisotopic (exact) mass is 283 g/mol. The molecule has 1 aromatic carbocycles. The molecule has 0 heterocycles. The van der Waals surface area contributed by atoms with Gasteiger partial charge in [-0.05, 0) is 23.8 Å². The SMILES string of the molecule is COc1ccc(Br)c([C@@H](N)CF)c1.Cl. The number of ether oxygens (including phenoxy) is 1. The lowest BCUT2D eigenvalue weighted by molar-refractivity contribution is 0.409. The number of nitrogens with two attached hydrogens (primary N) is 1. The predicted molar refractivity (Wildman–Crippen MR) is 60.8 cm³/mol. The quantitative estimate of drug-likeness (QED) is 0.926. The van der Waals surface area contributed by atoms with Crippen LogP contribution in [0.15, 0.2) is 22.7 Å². The Balaban J connectivity index is 0.00000169. The normalized spacial score (nSPS) is 11.7. The number of methoxy groups -OCH3 is 1. The minimum Gasteiger partial charge on any atom is -0.497 e. The molecule has 14 heavy (non-hydrogen) atoms. The van der Waals surface area contributed by atoms with E-state index in [0.29, 0.717) is 5.75 Å². The zero-order valence-electron chi connectivity index (χ0n) is 7.67. The van der Waals surface area contributed by atoms with Gasteiger partial charge in [-0.2, -0.15) is 0 Å². The van der Waals surface area contributed by atoms with E-state index in [1.165, 1.54) is 0 Å². The van der Waals surface area contributed by atoms with E-state index in [1.54, 1.807) is 25.3 Å². The summed E-state index contributed by atoms with van der Waals surface area (Å²) in [5, 5.41) is 0. The average Bonchev–Trinajstić information content (AvgIpc) is 2.17. The zero-order valence-corrected chi connectivity index (χ0v) is 10.1. The van der Waals surface area contributed by atoms with Gasteiger partial charge in [0.05, 0.1) is 13.2 Å². The third-order valence-electron chi connectivity index (χ3n) is 1.77. The first-order valence-corrected chi connectivity index (χ1v) is 4.63. The Kier molecular flexibility index (Phi) is 6.08. The minimum atomic E-state index is -0.593. The number of hydrogen-bond acceptors (Lipinski definition) is 2. The van der Waals surface area contributed by atoms with Gasteiger partial charge in [0.15, 0.2) is 0 Å². The highest BCUT2D eigenvalue weighted by Crippen LogP contribution is 2.26. The van der Waals surface area contributed by atoms with Crippen LogP contribution < -0.4 is 10.5 Å². The minimum absolute atomic E-state index is 0. The molecule has 0 saturated carbocycles. The molecule has 1 aromatic rings. The lowest BCUT2D eigenvalue weighted by atomic mass is 10.1. The molecule has 80 valence electrons. The molecule has 0 fully saturated rings. The van der Waals surface area contributed by atoms with Crippen molar-refractivity contribution in [3.8, 4) is 5.75 Å². The smallest absolute Gasteiger partial charge is 0.119 e. The van der Waals surface area contributed by atoms with Crippen LogP contribution in [0.2, 0.25) is 0 Å². The summed E-state index contributed by atoms with van der Waals surface area (Å²) in [6, 6.07) is 4.72.